The fourth-order valence-electron chi connectivity index (χ4n) is 4.18. The van der Waals surface area contributed by atoms with Crippen molar-refractivity contribution in [3.8, 4) is 22.3 Å². The standard InChI is InChI=1S/C13H7NO3.C13H8O/c15-13-10-5-2-1-4-8(10)9-6-3-7-11(12(9)13)14(16)17;14-13-11-7-3-1-5-9(11)10-6-2-4-8-12(10)13/h1-7H;1-8H. The Hall–Kier alpha value is -4.38. The van der Waals surface area contributed by atoms with E-state index in [-0.39, 0.29) is 22.8 Å². The van der Waals surface area contributed by atoms with Gasteiger partial charge in [0.1, 0.15) is 5.56 Å². The van der Waals surface area contributed by atoms with Gasteiger partial charge in [0.15, 0.2) is 5.78 Å². The molecular formula is C26H15NO4. The topological polar surface area (TPSA) is 77.3 Å². The molecule has 0 amide bonds. The molecule has 4 aromatic carbocycles. The third-order valence-electron chi connectivity index (χ3n) is 5.56. The van der Waals surface area contributed by atoms with Crippen molar-refractivity contribution in [2.45, 2.75) is 0 Å². The Bertz CT molecular complexity index is 1360. The van der Waals surface area contributed by atoms with Gasteiger partial charge in [-0.1, -0.05) is 84.9 Å². The first-order valence-corrected chi connectivity index (χ1v) is 9.72. The second-order valence-electron chi connectivity index (χ2n) is 7.25. The van der Waals surface area contributed by atoms with Gasteiger partial charge >= 0.3 is 0 Å². The first-order chi connectivity index (χ1) is 15.1. The number of hydrogen-bond acceptors (Lipinski definition) is 4. The minimum atomic E-state index is -0.511. The summed E-state index contributed by atoms with van der Waals surface area (Å²) >= 11 is 0. The number of carbonyl (C=O) groups is 2. The number of rotatable bonds is 1. The van der Waals surface area contributed by atoms with Crippen molar-refractivity contribution in [2.24, 2.45) is 0 Å². The van der Waals surface area contributed by atoms with Crippen molar-refractivity contribution in [1.82, 2.24) is 0 Å². The Balaban J connectivity index is 0.000000134. The van der Waals surface area contributed by atoms with Gasteiger partial charge in [0, 0.05) is 28.3 Å². The lowest BCUT2D eigenvalue weighted by Gasteiger charge is -1.99. The van der Waals surface area contributed by atoms with Crippen LogP contribution in [0.15, 0.2) is 91.0 Å². The molecule has 0 aliphatic heterocycles. The number of nitro groups is 1. The maximum Gasteiger partial charge on any atom is 0.281 e. The fraction of sp³-hybridized carbons (Fsp3) is 0. The number of fused-ring (bicyclic) bond motifs is 6. The molecule has 2 aliphatic rings. The molecule has 0 bridgehead atoms. The highest BCUT2D eigenvalue weighted by molar-refractivity contribution is 6.24. The Labute approximate surface area is 177 Å². The molecule has 0 saturated heterocycles. The fourth-order valence-corrected chi connectivity index (χ4v) is 4.18. The van der Waals surface area contributed by atoms with Gasteiger partial charge in [-0.3, -0.25) is 19.7 Å². The maximum absolute atomic E-state index is 12.1. The van der Waals surface area contributed by atoms with Gasteiger partial charge in [0.25, 0.3) is 5.69 Å². The van der Waals surface area contributed by atoms with E-state index in [0.29, 0.717) is 11.1 Å². The van der Waals surface area contributed by atoms with Gasteiger partial charge in [-0.2, -0.15) is 0 Å². The van der Waals surface area contributed by atoms with Gasteiger partial charge in [0.05, 0.1) is 4.92 Å². The van der Waals surface area contributed by atoms with Crippen molar-refractivity contribution >= 4 is 17.3 Å². The van der Waals surface area contributed by atoms with Gasteiger partial charge in [-0.15, -0.1) is 0 Å². The minimum absolute atomic E-state index is 0.122. The number of ketones is 2. The van der Waals surface area contributed by atoms with Crippen LogP contribution >= 0.6 is 0 Å². The van der Waals surface area contributed by atoms with E-state index in [0.717, 1.165) is 27.8 Å². The van der Waals surface area contributed by atoms with E-state index >= 15 is 0 Å². The SMILES string of the molecule is O=C1c2ccccc2-c2cccc([N+](=O)[O-])c21.O=C1c2ccccc2-c2ccccc21. The number of benzene rings is 4. The largest absolute Gasteiger partial charge is 0.289 e. The highest BCUT2D eigenvalue weighted by Crippen LogP contribution is 2.40. The molecule has 6 rings (SSSR count). The summed E-state index contributed by atoms with van der Waals surface area (Å²) in [6.45, 7) is 0. The van der Waals surface area contributed by atoms with E-state index in [1.807, 2.05) is 60.7 Å². The average Bonchev–Trinajstić information content (AvgIpc) is 3.27. The predicted octanol–water partition coefficient (Wildman–Crippen LogP) is 5.70. The number of carbonyl (C=O) groups excluding carboxylic acids is 2. The minimum Gasteiger partial charge on any atom is -0.289 e. The summed E-state index contributed by atoms with van der Waals surface area (Å²) in [7, 11) is 0. The predicted molar refractivity (Wildman–Crippen MR) is 117 cm³/mol. The summed E-state index contributed by atoms with van der Waals surface area (Å²) < 4.78 is 0. The zero-order chi connectivity index (χ0) is 21.5. The molecule has 31 heavy (non-hydrogen) atoms. The van der Waals surface area contributed by atoms with Crippen LogP contribution in [0.25, 0.3) is 22.3 Å². The summed E-state index contributed by atoms with van der Waals surface area (Å²) in [6.07, 6.45) is 0. The van der Waals surface area contributed by atoms with E-state index in [9.17, 15) is 19.7 Å². The molecular weight excluding hydrogens is 390 g/mol. The highest BCUT2D eigenvalue weighted by atomic mass is 16.6. The molecule has 0 unspecified atom stereocenters. The van der Waals surface area contributed by atoms with E-state index < -0.39 is 4.92 Å². The molecule has 0 atom stereocenters. The molecule has 0 saturated carbocycles. The van der Waals surface area contributed by atoms with Crippen LogP contribution in [0.2, 0.25) is 0 Å². The molecule has 0 fully saturated rings. The van der Waals surface area contributed by atoms with E-state index in [2.05, 4.69) is 0 Å². The lowest BCUT2D eigenvalue weighted by atomic mass is 10.1. The third kappa shape index (κ3) is 2.87. The van der Waals surface area contributed by atoms with E-state index in [1.54, 1.807) is 24.3 Å². The van der Waals surface area contributed by atoms with E-state index in [4.69, 9.17) is 0 Å². The maximum atomic E-state index is 12.1. The summed E-state index contributed by atoms with van der Waals surface area (Å²) in [4.78, 5) is 34.4. The van der Waals surface area contributed by atoms with Gasteiger partial charge in [-0.05, 0) is 16.7 Å². The lowest BCUT2D eigenvalue weighted by molar-refractivity contribution is -0.385. The quantitative estimate of drug-likeness (QED) is 0.259. The van der Waals surface area contributed by atoms with Crippen LogP contribution in [-0.2, 0) is 0 Å². The summed E-state index contributed by atoms with van der Waals surface area (Å²) in [6, 6.07) is 27.3. The molecule has 0 N–H and O–H groups in total. The van der Waals surface area contributed by atoms with Crippen LogP contribution in [0, 0.1) is 10.1 Å². The second-order valence-corrected chi connectivity index (χ2v) is 7.25. The first kappa shape index (κ1) is 18.6. The molecule has 4 aromatic rings. The van der Waals surface area contributed by atoms with Crippen LogP contribution in [0.4, 0.5) is 5.69 Å². The molecule has 5 nitrogen and oxygen atoms in total. The van der Waals surface area contributed by atoms with Crippen LogP contribution in [0.1, 0.15) is 31.8 Å². The summed E-state index contributed by atoms with van der Waals surface area (Å²) in [5, 5.41) is 10.9. The van der Waals surface area contributed by atoms with Crippen LogP contribution in [0.5, 0.6) is 0 Å². The second kappa shape index (κ2) is 7.15. The van der Waals surface area contributed by atoms with Crippen LogP contribution in [-0.4, -0.2) is 16.5 Å². The van der Waals surface area contributed by atoms with Gasteiger partial charge in [-0.25, -0.2) is 0 Å². The summed E-state index contributed by atoms with van der Waals surface area (Å²) in [5.74, 6) is -0.112. The van der Waals surface area contributed by atoms with Crippen molar-refractivity contribution < 1.29 is 14.5 Å². The Kier molecular flexibility index (Phi) is 4.30. The lowest BCUT2D eigenvalue weighted by Crippen LogP contribution is -2.00. The molecule has 0 aromatic heterocycles. The van der Waals surface area contributed by atoms with Crippen molar-refractivity contribution in [2.75, 3.05) is 0 Å². The van der Waals surface area contributed by atoms with Gasteiger partial charge < -0.3 is 0 Å². The van der Waals surface area contributed by atoms with E-state index in [1.165, 1.54) is 6.07 Å². The smallest absolute Gasteiger partial charge is 0.281 e. The molecule has 0 spiro atoms. The molecule has 0 heterocycles. The average molecular weight is 405 g/mol. The van der Waals surface area contributed by atoms with Crippen molar-refractivity contribution in [3.05, 3.63) is 123 Å². The number of nitro benzene ring substituents is 1. The molecule has 0 radical (unpaired) electrons. The summed E-state index contributed by atoms with van der Waals surface area (Å²) in [5.41, 5.74) is 5.83. The Morgan fingerprint density at radius 3 is 1.35 bits per heavy atom. The normalized spacial score (nSPS) is 12.3. The third-order valence-corrected chi connectivity index (χ3v) is 5.56. The molecule has 2 aliphatic carbocycles. The van der Waals surface area contributed by atoms with Crippen LogP contribution < -0.4 is 0 Å². The van der Waals surface area contributed by atoms with Crippen molar-refractivity contribution in [3.63, 3.8) is 0 Å². The zero-order valence-corrected chi connectivity index (χ0v) is 16.2. The van der Waals surface area contributed by atoms with Crippen molar-refractivity contribution in [1.29, 1.82) is 0 Å². The molecule has 148 valence electrons. The monoisotopic (exact) mass is 405 g/mol. The van der Waals surface area contributed by atoms with Gasteiger partial charge in [0.2, 0.25) is 5.78 Å². The highest BCUT2D eigenvalue weighted by Gasteiger charge is 2.33. The molecule has 5 heteroatoms. The first-order valence-electron chi connectivity index (χ1n) is 9.72. The van der Waals surface area contributed by atoms with Crippen LogP contribution in [0.3, 0.4) is 0 Å². The number of hydrogen-bond donors (Lipinski definition) is 0. The zero-order valence-electron chi connectivity index (χ0n) is 16.2. The Morgan fingerprint density at radius 1 is 0.484 bits per heavy atom. The number of nitrogens with zero attached hydrogens (tertiary/aromatic N) is 1. The Morgan fingerprint density at radius 2 is 0.871 bits per heavy atom.